The van der Waals surface area contributed by atoms with Crippen molar-refractivity contribution in [3.63, 3.8) is 0 Å². The van der Waals surface area contributed by atoms with Crippen molar-refractivity contribution in [3.05, 3.63) is 48.8 Å². The SMILES string of the molecule is CCCCCCCC/C=C\CCCCCC/C=C/OC[C@H](COP(=O)(O)OCC[N+](C)(C)C)OC(=O)CCC/C=C/C[C@@H]1[C@@H](/C=C/[C@@H](O)CCCCC)[C@H](O)C[C@@H]1O. The van der Waals surface area contributed by atoms with E-state index in [9.17, 15) is 29.6 Å². The largest absolute Gasteiger partial charge is 0.498 e. The van der Waals surface area contributed by atoms with Gasteiger partial charge in [-0.25, -0.2) is 4.57 Å². The lowest BCUT2D eigenvalue weighted by molar-refractivity contribution is -0.870. The van der Waals surface area contributed by atoms with Crippen molar-refractivity contribution in [1.29, 1.82) is 0 Å². The number of esters is 1. The minimum atomic E-state index is -4.36. The standard InChI is InChI=1S/C46H84NO10P/c1-6-8-10-11-12-13-14-15-16-17-18-19-20-21-24-28-35-54-38-41(39-56-58(52,53)55-36-34-47(3,4)5)57-46(51)31-27-23-22-26-30-42-43(45(50)37-44(42)49)33-32-40(48)29-25-9-7-2/h15-16,22,26,28,32-33,35,40-45,48-50H,6-14,17-21,23-25,27,29-31,34,36-39H2,1-5H3/p+1/b16-15-,26-22+,33-32+,35-28+/t40-,41+,42+,43+,44-,45+/m0/s1. The molecule has 58 heavy (non-hydrogen) atoms. The Hall–Kier alpha value is -1.82. The lowest BCUT2D eigenvalue weighted by Gasteiger charge is -2.24. The number of hydrogen-bond donors (Lipinski definition) is 4. The lowest BCUT2D eigenvalue weighted by atomic mass is 9.89. The number of likely N-dealkylation sites (N-methyl/N-ethyl adjacent to an activating group) is 1. The van der Waals surface area contributed by atoms with Gasteiger partial charge in [-0.2, -0.15) is 0 Å². The van der Waals surface area contributed by atoms with Crippen LogP contribution < -0.4 is 0 Å². The average Bonchev–Trinajstić information content (AvgIpc) is 3.43. The van der Waals surface area contributed by atoms with Gasteiger partial charge in [0, 0.05) is 18.8 Å². The Morgan fingerprint density at radius 3 is 2.00 bits per heavy atom. The van der Waals surface area contributed by atoms with Crippen LogP contribution in [0.25, 0.3) is 0 Å². The molecule has 0 saturated heterocycles. The molecule has 0 bridgehead atoms. The molecular weight excluding hydrogens is 757 g/mol. The first-order valence-corrected chi connectivity index (χ1v) is 24.2. The maximum atomic E-state index is 12.8. The van der Waals surface area contributed by atoms with Crippen molar-refractivity contribution in [2.75, 3.05) is 47.5 Å². The Kier molecular flexibility index (Phi) is 31.6. The van der Waals surface area contributed by atoms with E-state index in [-0.39, 0.29) is 38.1 Å². The van der Waals surface area contributed by atoms with Crippen molar-refractivity contribution in [1.82, 2.24) is 0 Å². The molecule has 0 aromatic heterocycles. The van der Waals surface area contributed by atoms with Crippen LogP contribution in [-0.4, -0.2) is 103 Å². The highest BCUT2D eigenvalue weighted by Gasteiger charge is 2.39. The number of phosphoric acid groups is 1. The predicted octanol–water partition coefficient (Wildman–Crippen LogP) is 9.89. The topological polar surface area (TPSA) is 152 Å². The van der Waals surface area contributed by atoms with Crippen molar-refractivity contribution in [2.24, 2.45) is 11.8 Å². The molecule has 0 amide bonds. The van der Waals surface area contributed by atoms with Crippen LogP contribution in [0.2, 0.25) is 0 Å². The number of phosphoric ester groups is 1. The molecule has 1 unspecified atom stereocenters. The van der Waals surface area contributed by atoms with E-state index in [2.05, 4.69) is 26.0 Å². The molecular formula is C46H85NO10P+. The maximum Gasteiger partial charge on any atom is 0.472 e. The van der Waals surface area contributed by atoms with Crippen molar-refractivity contribution < 1.29 is 52.6 Å². The molecule has 0 aromatic rings. The minimum Gasteiger partial charge on any atom is -0.498 e. The van der Waals surface area contributed by atoms with Crippen LogP contribution in [0.3, 0.4) is 0 Å². The van der Waals surface area contributed by atoms with E-state index in [4.69, 9.17) is 18.5 Å². The van der Waals surface area contributed by atoms with Gasteiger partial charge in [0.1, 0.15) is 19.8 Å². The zero-order chi connectivity index (χ0) is 42.9. The van der Waals surface area contributed by atoms with Crippen LogP contribution in [-0.2, 0) is 27.9 Å². The van der Waals surface area contributed by atoms with E-state index in [1.807, 2.05) is 45.4 Å². The van der Waals surface area contributed by atoms with E-state index in [1.54, 1.807) is 12.3 Å². The van der Waals surface area contributed by atoms with Crippen LogP contribution in [0.15, 0.2) is 48.8 Å². The number of ether oxygens (including phenoxy) is 2. The molecule has 338 valence electrons. The van der Waals surface area contributed by atoms with Gasteiger partial charge in [-0.3, -0.25) is 13.8 Å². The van der Waals surface area contributed by atoms with Gasteiger partial charge in [0.05, 0.1) is 52.3 Å². The smallest absolute Gasteiger partial charge is 0.472 e. The second-order valence-electron chi connectivity index (χ2n) is 17.1. The second-order valence-corrected chi connectivity index (χ2v) is 18.6. The first-order valence-electron chi connectivity index (χ1n) is 22.7. The summed E-state index contributed by atoms with van der Waals surface area (Å²) in [4.78, 5) is 23.0. The Labute approximate surface area is 353 Å². The fourth-order valence-corrected chi connectivity index (χ4v) is 7.60. The molecule has 12 heteroatoms. The maximum absolute atomic E-state index is 12.8. The summed E-state index contributed by atoms with van der Waals surface area (Å²) < 4.78 is 34.7. The number of rotatable bonds is 37. The summed E-state index contributed by atoms with van der Waals surface area (Å²) in [6.07, 6.45) is 34.7. The number of carbonyl (C=O) groups is 1. The van der Waals surface area contributed by atoms with Gasteiger partial charge in [-0.05, 0) is 76.2 Å². The zero-order valence-electron chi connectivity index (χ0n) is 37.1. The third-order valence-corrected chi connectivity index (χ3v) is 11.5. The Morgan fingerprint density at radius 2 is 1.34 bits per heavy atom. The normalized spacial score (nSPS) is 21.1. The van der Waals surface area contributed by atoms with Gasteiger partial charge < -0.3 is 34.2 Å². The van der Waals surface area contributed by atoms with Gasteiger partial charge >= 0.3 is 13.8 Å². The fourth-order valence-electron chi connectivity index (χ4n) is 6.86. The molecule has 0 heterocycles. The summed E-state index contributed by atoms with van der Waals surface area (Å²) >= 11 is 0. The molecule has 1 saturated carbocycles. The summed E-state index contributed by atoms with van der Waals surface area (Å²) in [5.74, 6) is -0.852. The number of hydrogen-bond acceptors (Lipinski definition) is 9. The summed E-state index contributed by atoms with van der Waals surface area (Å²) in [6.45, 7) is 4.52. The zero-order valence-corrected chi connectivity index (χ0v) is 38.0. The quantitative estimate of drug-likeness (QED) is 0.0119. The number of carbonyl (C=O) groups excluding carboxylic acids is 1. The Morgan fingerprint density at radius 1 is 0.759 bits per heavy atom. The van der Waals surface area contributed by atoms with Crippen LogP contribution in [0.4, 0.5) is 0 Å². The summed E-state index contributed by atoms with van der Waals surface area (Å²) in [5.41, 5.74) is 0. The third kappa shape index (κ3) is 30.2. The van der Waals surface area contributed by atoms with Gasteiger partial charge in [0.15, 0.2) is 6.10 Å². The molecule has 1 aliphatic rings. The van der Waals surface area contributed by atoms with E-state index in [0.29, 0.717) is 43.1 Å². The molecule has 0 radical (unpaired) electrons. The second kappa shape index (κ2) is 33.8. The van der Waals surface area contributed by atoms with Gasteiger partial charge in [0.2, 0.25) is 0 Å². The van der Waals surface area contributed by atoms with E-state index in [0.717, 1.165) is 44.9 Å². The number of aliphatic hydroxyl groups is 3. The molecule has 4 N–H and O–H groups in total. The monoisotopic (exact) mass is 843 g/mol. The molecule has 11 nitrogen and oxygen atoms in total. The van der Waals surface area contributed by atoms with Crippen LogP contribution >= 0.6 is 7.82 Å². The summed E-state index contributed by atoms with van der Waals surface area (Å²) in [7, 11) is 1.48. The van der Waals surface area contributed by atoms with Gasteiger partial charge in [0.25, 0.3) is 0 Å². The minimum absolute atomic E-state index is 0.0321. The Balaban J connectivity index is 2.49. The number of aliphatic hydroxyl groups excluding tert-OH is 3. The number of unbranched alkanes of at least 4 members (excludes halogenated alkanes) is 14. The van der Waals surface area contributed by atoms with E-state index < -0.39 is 38.2 Å². The van der Waals surface area contributed by atoms with Crippen molar-refractivity contribution in [2.45, 2.75) is 180 Å². The number of quaternary nitrogens is 1. The number of nitrogens with zero attached hydrogens (tertiary/aromatic N) is 1. The third-order valence-electron chi connectivity index (χ3n) is 10.5. The summed E-state index contributed by atoms with van der Waals surface area (Å²) in [5, 5.41) is 31.4. The van der Waals surface area contributed by atoms with Crippen LogP contribution in [0.5, 0.6) is 0 Å². The average molecular weight is 843 g/mol. The summed E-state index contributed by atoms with van der Waals surface area (Å²) in [6, 6.07) is 0. The van der Waals surface area contributed by atoms with Crippen molar-refractivity contribution in [3.8, 4) is 0 Å². The predicted molar refractivity (Wildman–Crippen MR) is 235 cm³/mol. The fraction of sp³-hybridized carbons (Fsp3) is 0.804. The molecule has 0 aromatic carbocycles. The molecule has 1 rings (SSSR count). The van der Waals surface area contributed by atoms with Crippen molar-refractivity contribution >= 4 is 13.8 Å². The molecule has 0 aliphatic heterocycles. The number of allylic oxidation sites excluding steroid dienone is 5. The Bertz CT molecular complexity index is 1190. The van der Waals surface area contributed by atoms with E-state index >= 15 is 0 Å². The first kappa shape index (κ1) is 54.2. The highest BCUT2D eigenvalue weighted by atomic mass is 31.2. The van der Waals surface area contributed by atoms with E-state index in [1.165, 1.54) is 57.8 Å². The highest BCUT2D eigenvalue weighted by molar-refractivity contribution is 7.47. The van der Waals surface area contributed by atoms with Gasteiger partial charge in [-0.1, -0.05) is 115 Å². The molecule has 7 atom stereocenters. The molecule has 1 aliphatic carbocycles. The lowest BCUT2D eigenvalue weighted by Crippen LogP contribution is -2.37. The molecule has 1 fully saturated rings. The first-order chi connectivity index (χ1) is 27.8. The van der Waals surface area contributed by atoms with Gasteiger partial charge in [-0.15, -0.1) is 0 Å². The van der Waals surface area contributed by atoms with Crippen LogP contribution in [0, 0.1) is 11.8 Å². The van der Waals surface area contributed by atoms with Crippen LogP contribution in [0.1, 0.15) is 155 Å². The molecule has 0 spiro atoms. The highest BCUT2D eigenvalue weighted by Crippen LogP contribution is 2.43.